The van der Waals surface area contributed by atoms with E-state index in [0.29, 0.717) is 6.61 Å². The Hall–Kier alpha value is -1.49. The highest BCUT2D eigenvalue weighted by atomic mass is 19.1. The predicted octanol–water partition coefficient (Wildman–Crippen LogP) is 1.13. The fourth-order valence-electron chi connectivity index (χ4n) is 1.70. The lowest BCUT2D eigenvalue weighted by Gasteiger charge is -2.15. The normalized spacial score (nSPS) is 24.4. The Bertz CT molecular complexity index is 397. The molecule has 1 aromatic rings. The third-order valence-corrected chi connectivity index (χ3v) is 2.64. The van der Waals surface area contributed by atoms with Crippen molar-refractivity contribution in [2.24, 2.45) is 0 Å². The van der Waals surface area contributed by atoms with Gasteiger partial charge in [0.15, 0.2) is 0 Å². The first-order valence-corrected chi connectivity index (χ1v) is 5.22. The molecule has 2 unspecified atom stereocenters. The van der Waals surface area contributed by atoms with Gasteiger partial charge in [-0.05, 0) is 25.5 Å². The predicted molar refractivity (Wildman–Crippen MR) is 55.5 cm³/mol. The van der Waals surface area contributed by atoms with Crippen molar-refractivity contribution in [2.75, 3.05) is 6.61 Å². The van der Waals surface area contributed by atoms with Crippen LogP contribution >= 0.6 is 0 Å². The molecule has 1 N–H and O–H groups in total. The van der Waals surface area contributed by atoms with Crippen LogP contribution in [0.5, 0.6) is 0 Å². The Morgan fingerprint density at radius 1 is 1.62 bits per heavy atom. The number of rotatable bonds is 2. The van der Waals surface area contributed by atoms with E-state index in [1.54, 1.807) is 0 Å². The number of carbonyl (C=O) groups is 1. The van der Waals surface area contributed by atoms with E-state index in [1.807, 2.05) is 6.92 Å². The molecule has 0 radical (unpaired) electrons. The van der Waals surface area contributed by atoms with Gasteiger partial charge in [-0.1, -0.05) is 6.07 Å². The van der Waals surface area contributed by atoms with E-state index in [-0.39, 0.29) is 23.7 Å². The Labute approximate surface area is 92.8 Å². The molecule has 1 aliphatic rings. The summed E-state index contributed by atoms with van der Waals surface area (Å²) in [6.45, 7) is 2.54. The molecule has 0 bridgehead atoms. The second kappa shape index (κ2) is 4.57. The number of aromatic nitrogens is 1. The highest BCUT2D eigenvalue weighted by Gasteiger charge is 2.26. The largest absolute Gasteiger partial charge is 0.376 e. The zero-order chi connectivity index (χ0) is 11.5. The van der Waals surface area contributed by atoms with Crippen LogP contribution in [0.1, 0.15) is 23.8 Å². The minimum absolute atomic E-state index is 0.00231. The lowest BCUT2D eigenvalue weighted by Crippen LogP contribution is -2.39. The van der Waals surface area contributed by atoms with Crippen LogP contribution in [0.15, 0.2) is 18.2 Å². The first kappa shape index (κ1) is 11.0. The van der Waals surface area contributed by atoms with Gasteiger partial charge < -0.3 is 10.1 Å². The van der Waals surface area contributed by atoms with E-state index < -0.39 is 5.95 Å². The Balaban J connectivity index is 2.03. The Kier molecular flexibility index (Phi) is 3.14. The molecule has 2 heterocycles. The van der Waals surface area contributed by atoms with Gasteiger partial charge in [0.1, 0.15) is 5.69 Å². The van der Waals surface area contributed by atoms with Gasteiger partial charge >= 0.3 is 0 Å². The van der Waals surface area contributed by atoms with E-state index in [0.717, 1.165) is 6.42 Å². The van der Waals surface area contributed by atoms with Crippen molar-refractivity contribution < 1.29 is 13.9 Å². The average Bonchev–Trinajstić information content (AvgIpc) is 2.64. The van der Waals surface area contributed by atoms with Crippen molar-refractivity contribution in [1.82, 2.24) is 10.3 Å². The number of hydrogen-bond acceptors (Lipinski definition) is 3. The van der Waals surface area contributed by atoms with Crippen molar-refractivity contribution in [1.29, 1.82) is 0 Å². The molecule has 0 aliphatic carbocycles. The van der Waals surface area contributed by atoms with Crippen LogP contribution in [0.4, 0.5) is 4.39 Å². The maximum atomic E-state index is 12.8. The minimum Gasteiger partial charge on any atom is -0.376 e. The molecule has 5 heteroatoms. The van der Waals surface area contributed by atoms with Gasteiger partial charge in [0.05, 0.1) is 12.1 Å². The van der Waals surface area contributed by atoms with Crippen LogP contribution < -0.4 is 5.32 Å². The molecule has 0 aromatic carbocycles. The smallest absolute Gasteiger partial charge is 0.270 e. The van der Waals surface area contributed by atoms with Crippen LogP contribution in [0, 0.1) is 5.95 Å². The minimum atomic E-state index is -0.650. The molecule has 4 nitrogen and oxygen atoms in total. The molecule has 1 aromatic heterocycles. The third-order valence-electron chi connectivity index (χ3n) is 2.64. The van der Waals surface area contributed by atoms with Gasteiger partial charge in [-0.3, -0.25) is 4.79 Å². The summed E-state index contributed by atoms with van der Waals surface area (Å²) in [6.07, 6.45) is 0.778. The van der Waals surface area contributed by atoms with E-state index in [9.17, 15) is 9.18 Å². The number of nitrogens with one attached hydrogen (secondary N) is 1. The monoisotopic (exact) mass is 224 g/mol. The van der Waals surface area contributed by atoms with Gasteiger partial charge in [-0.2, -0.15) is 4.39 Å². The van der Waals surface area contributed by atoms with Crippen molar-refractivity contribution in [2.45, 2.75) is 25.5 Å². The van der Waals surface area contributed by atoms with Gasteiger partial charge in [-0.15, -0.1) is 0 Å². The van der Waals surface area contributed by atoms with E-state index >= 15 is 0 Å². The molecule has 0 spiro atoms. The molecule has 1 saturated heterocycles. The first-order chi connectivity index (χ1) is 7.66. The Morgan fingerprint density at radius 2 is 2.44 bits per heavy atom. The lowest BCUT2D eigenvalue weighted by molar-refractivity contribution is 0.0861. The first-order valence-electron chi connectivity index (χ1n) is 5.22. The summed E-state index contributed by atoms with van der Waals surface area (Å²) in [5.41, 5.74) is 0.0964. The summed E-state index contributed by atoms with van der Waals surface area (Å²) in [5.74, 6) is -1.01. The fraction of sp³-hybridized carbons (Fsp3) is 0.455. The summed E-state index contributed by atoms with van der Waals surface area (Å²) in [5, 5.41) is 2.78. The number of pyridine rings is 1. The summed E-state index contributed by atoms with van der Waals surface area (Å²) in [6, 6.07) is 4.14. The van der Waals surface area contributed by atoms with E-state index in [4.69, 9.17) is 4.74 Å². The molecule has 86 valence electrons. The van der Waals surface area contributed by atoms with Crippen LogP contribution in [0.2, 0.25) is 0 Å². The molecule has 1 fully saturated rings. The highest BCUT2D eigenvalue weighted by molar-refractivity contribution is 5.92. The summed E-state index contributed by atoms with van der Waals surface area (Å²) in [4.78, 5) is 15.2. The topological polar surface area (TPSA) is 51.2 Å². The maximum absolute atomic E-state index is 12.8. The van der Waals surface area contributed by atoms with Crippen LogP contribution in [0.3, 0.4) is 0 Å². The molecule has 0 saturated carbocycles. The standard InChI is InChI=1S/C11H13FN2O2/c1-7-8(5-6-16-7)14-11(15)9-3-2-4-10(12)13-9/h2-4,7-8H,5-6H2,1H3,(H,14,15). The summed E-state index contributed by atoms with van der Waals surface area (Å²) >= 11 is 0. The number of halogens is 1. The fourth-order valence-corrected chi connectivity index (χ4v) is 1.70. The molecule has 2 rings (SSSR count). The zero-order valence-electron chi connectivity index (χ0n) is 8.94. The van der Waals surface area contributed by atoms with Crippen LogP contribution in [-0.4, -0.2) is 29.6 Å². The number of nitrogens with zero attached hydrogens (tertiary/aromatic N) is 1. The SMILES string of the molecule is CC1OCCC1NC(=O)c1cccc(F)n1. The van der Waals surface area contributed by atoms with Gasteiger partial charge in [0, 0.05) is 6.61 Å². The zero-order valence-corrected chi connectivity index (χ0v) is 8.94. The molecule has 16 heavy (non-hydrogen) atoms. The van der Waals surface area contributed by atoms with Gasteiger partial charge in [0.25, 0.3) is 5.91 Å². The summed E-state index contributed by atoms with van der Waals surface area (Å²) < 4.78 is 18.1. The Morgan fingerprint density at radius 3 is 3.06 bits per heavy atom. The van der Waals surface area contributed by atoms with Gasteiger partial charge in [0.2, 0.25) is 5.95 Å². The second-order valence-corrected chi connectivity index (χ2v) is 3.79. The molecular formula is C11H13FN2O2. The van der Waals surface area contributed by atoms with Crippen molar-refractivity contribution in [3.63, 3.8) is 0 Å². The van der Waals surface area contributed by atoms with Gasteiger partial charge in [-0.25, -0.2) is 4.98 Å². The molecular weight excluding hydrogens is 211 g/mol. The highest BCUT2D eigenvalue weighted by Crippen LogP contribution is 2.13. The quantitative estimate of drug-likeness (QED) is 0.766. The number of hydrogen-bond donors (Lipinski definition) is 1. The number of amides is 1. The second-order valence-electron chi connectivity index (χ2n) is 3.79. The lowest BCUT2D eigenvalue weighted by atomic mass is 10.1. The molecule has 1 amide bonds. The van der Waals surface area contributed by atoms with Crippen molar-refractivity contribution in [3.8, 4) is 0 Å². The van der Waals surface area contributed by atoms with Crippen LogP contribution in [0.25, 0.3) is 0 Å². The molecule has 2 atom stereocenters. The maximum Gasteiger partial charge on any atom is 0.270 e. The molecule has 1 aliphatic heterocycles. The van der Waals surface area contributed by atoms with E-state index in [2.05, 4.69) is 10.3 Å². The number of carbonyl (C=O) groups excluding carboxylic acids is 1. The van der Waals surface area contributed by atoms with Crippen LogP contribution in [-0.2, 0) is 4.74 Å². The van der Waals surface area contributed by atoms with Crippen molar-refractivity contribution >= 4 is 5.91 Å². The van der Waals surface area contributed by atoms with E-state index in [1.165, 1.54) is 18.2 Å². The average molecular weight is 224 g/mol. The van der Waals surface area contributed by atoms with Crippen molar-refractivity contribution in [3.05, 3.63) is 29.8 Å². The third kappa shape index (κ3) is 2.36. The number of ether oxygens (including phenoxy) is 1. The summed E-state index contributed by atoms with van der Waals surface area (Å²) in [7, 11) is 0.